The van der Waals surface area contributed by atoms with Crippen LogP contribution in [0.15, 0.2) is 60.7 Å². The highest BCUT2D eigenvalue weighted by molar-refractivity contribution is 5.76. The quantitative estimate of drug-likeness (QED) is 0.687. The minimum Gasteiger partial charge on any atom is -0.317 e. The maximum absolute atomic E-state index is 11.8. The molecule has 4 unspecified atom stereocenters. The molecule has 2 aliphatic rings. The van der Waals surface area contributed by atoms with E-state index < -0.39 is 5.66 Å². The van der Waals surface area contributed by atoms with E-state index >= 15 is 0 Å². The smallest absolute Gasteiger partial charge is 0.317 e. The molecule has 24 heavy (non-hydrogen) atoms. The first-order valence-corrected chi connectivity index (χ1v) is 8.39. The Labute approximate surface area is 141 Å². The predicted molar refractivity (Wildman–Crippen MR) is 92.8 cm³/mol. The molecule has 4 rings (SSSR count). The van der Waals surface area contributed by atoms with Crippen LogP contribution >= 0.6 is 0 Å². The Kier molecular flexibility index (Phi) is 3.75. The van der Waals surface area contributed by atoms with Gasteiger partial charge in [-0.15, -0.1) is 0 Å². The molecule has 4 atom stereocenters. The standard InChI is InChI=1S/C19H22N4O/c1-13-17(15-10-6-3-7-11-15)20-16(14-8-4-2-5-9-14)12-19(13)21-18(24)22-23-19/h2-11,13,16-17,20,23H,12H2,1H3,(H2,21,22,24). The zero-order chi connectivity index (χ0) is 16.6. The lowest BCUT2D eigenvalue weighted by Gasteiger charge is -2.47. The molecule has 1 spiro atoms. The third-order valence-electron chi connectivity index (χ3n) is 5.28. The highest BCUT2D eigenvalue weighted by Crippen LogP contribution is 2.42. The van der Waals surface area contributed by atoms with Crippen molar-refractivity contribution in [1.82, 2.24) is 21.5 Å². The van der Waals surface area contributed by atoms with Crippen LogP contribution in [0, 0.1) is 5.92 Å². The Bertz CT molecular complexity index is 721. The van der Waals surface area contributed by atoms with E-state index in [2.05, 4.69) is 76.9 Å². The highest BCUT2D eigenvalue weighted by Gasteiger charge is 2.50. The number of amides is 2. The van der Waals surface area contributed by atoms with Crippen LogP contribution in [0.4, 0.5) is 4.79 Å². The first-order valence-electron chi connectivity index (χ1n) is 8.39. The van der Waals surface area contributed by atoms with Crippen molar-refractivity contribution >= 4 is 6.03 Å². The number of carbonyl (C=O) groups excluding carboxylic acids is 1. The van der Waals surface area contributed by atoms with Crippen molar-refractivity contribution in [3.63, 3.8) is 0 Å². The van der Waals surface area contributed by atoms with Crippen LogP contribution in [0.5, 0.6) is 0 Å². The molecule has 2 saturated heterocycles. The van der Waals surface area contributed by atoms with Gasteiger partial charge < -0.3 is 10.6 Å². The lowest BCUT2D eigenvalue weighted by molar-refractivity contribution is 0.0878. The van der Waals surface area contributed by atoms with Crippen LogP contribution < -0.4 is 21.5 Å². The van der Waals surface area contributed by atoms with Gasteiger partial charge in [0.1, 0.15) is 5.66 Å². The van der Waals surface area contributed by atoms with E-state index in [4.69, 9.17) is 0 Å². The SMILES string of the molecule is CC1C(c2ccccc2)NC(c2ccccc2)CC12NNC(=O)N2. The number of benzene rings is 2. The maximum atomic E-state index is 11.8. The lowest BCUT2D eigenvalue weighted by atomic mass is 9.75. The summed E-state index contributed by atoms with van der Waals surface area (Å²) in [5.41, 5.74) is 7.94. The minimum absolute atomic E-state index is 0.137. The molecule has 4 N–H and O–H groups in total. The second-order valence-corrected chi connectivity index (χ2v) is 6.69. The zero-order valence-electron chi connectivity index (χ0n) is 13.6. The molecule has 5 nitrogen and oxygen atoms in total. The van der Waals surface area contributed by atoms with Gasteiger partial charge in [0.25, 0.3) is 0 Å². The Morgan fingerprint density at radius 3 is 2.17 bits per heavy atom. The van der Waals surface area contributed by atoms with Gasteiger partial charge in [0, 0.05) is 24.4 Å². The summed E-state index contributed by atoms with van der Waals surface area (Å²) in [5.74, 6) is 0.179. The van der Waals surface area contributed by atoms with Crippen molar-refractivity contribution in [3.8, 4) is 0 Å². The predicted octanol–water partition coefficient (Wildman–Crippen LogP) is 2.61. The van der Waals surface area contributed by atoms with E-state index in [9.17, 15) is 4.79 Å². The number of rotatable bonds is 2. The van der Waals surface area contributed by atoms with Crippen LogP contribution in [-0.4, -0.2) is 11.7 Å². The van der Waals surface area contributed by atoms with E-state index in [-0.39, 0.29) is 24.0 Å². The van der Waals surface area contributed by atoms with E-state index in [0.29, 0.717) is 0 Å². The summed E-state index contributed by atoms with van der Waals surface area (Å²) in [6.07, 6.45) is 0.778. The molecule has 0 aliphatic carbocycles. The molecular formula is C19H22N4O. The summed E-state index contributed by atoms with van der Waals surface area (Å²) >= 11 is 0. The number of piperidine rings is 1. The first-order chi connectivity index (χ1) is 11.7. The number of nitrogens with one attached hydrogen (secondary N) is 4. The summed E-state index contributed by atoms with van der Waals surface area (Å²) in [7, 11) is 0. The van der Waals surface area contributed by atoms with Gasteiger partial charge >= 0.3 is 6.03 Å². The fourth-order valence-corrected chi connectivity index (χ4v) is 3.92. The molecule has 124 valence electrons. The third-order valence-corrected chi connectivity index (χ3v) is 5.28. The van der Waals surface area contributed by atoms with Crippen LogP contribution in [0.1, 0.15) is 36.6 Å². The van der Waals surface area contributed by atoms with Crippen LogP contribution in [0.2, 0.25) is 0 Å². The molecule has 5 heteroatoms. The maximum Gasteiger partial charge on any atom is 0.330 e. The molecule has 2 amide bonds. The molecule has 0 aromatic heterocycles. The fraction of sp³-hybridized carbons (Fsp3) is 0.316. The van der Waals surface area contributed by atoms with Crippen molar-refractivity contribution in [2.45, 2.75) is 31.1 Å². The molecule has 0 saturated carbocycles. The summed E-state index contributed by atoms with van der Waals surface area (Å²) in [6, 6.07) is 20.9. The fourth-order valence-electron chi connectivity index (χ4n) is 3.92. The Balaban J connectivity index is 1.72. The number of urea groups is 1. The third kappa shape index (κ3) is 2.56. The van der Waals surface area contributed by atoms with E-state index in [0.717, 1.165) is 6.42 Å². The van der Waals surface area contributed by atoms with Gasteiger partial charge in [-0.05, 0) is 11.1 Å². The Morgan fingerprint density at radius 1 is 0.958 bits per heavy atom. The Morgan fingerprint density at radius 2 is 1.58 bits per heavy atom. The highest BCUT2D eigenvalue weighted by atomic mass is 16.2. The van der Waals surface area contributed by atoms with E-state index in [1.807, 2.05) is 12.1 Å². The van der Waals surface area contributed by atoms with E-state index in [1.54, 1.807) is 0 Å². The lowest BCUT2D eigenvalue weighted by Crippen LogP contribution is -2.63. The zero-order valence-corrected chi connectivity index (χ0v) is 13.6. The van der Waals surface area contributed by atoms with Crippen molar-refractivity contribution < 1.29 is 4.79 Å². The van der Waals surface area contributed by atoms with Gasteiger partial charge in [0.2, 0.25) is 0 Å². The topological polar surface area (TPSA) is 65.2 Å². The summed E-state index contributed by atoms with van der Waals surface area (Å²) in [5, 5.41) is 6.90. The molecule has 2 fully saturated rings. The van der Waals surface area contributed by atoms with Crippen LogP contribution in [-0.2, 0) is 0 Å². The summed E-state index contributed by atoms with van der Waals surface area (Å²) in [4.78, 5) is 11.8. The molecule has 2 heterocycles. The number of hydrogen-bond acceptors (Lipinski definition) is 3. The van der Waals surface area contributed by atoms with Crippen LogP contribution in [0.25, 0.3) is 0 Å². The monoisotopic (exact) mass is 322 g/mol. The van der Waals surface area contributed by atoms with Gasteiger partial charge in [0.05, 0.1) is 0 Å². The summed E-state index contributed by atoms with van der Waals surface area (Å²) in [6.45, 7) is 2.17. The normalized spacial score (nSPS) is 32.4. The average molecular weight is 322 g/mol. The molecular weight excluding hydrogens is 300 g/mol. The summed E-state index contributed by atoms with van der Waals surface area (Å²) < 4.78 is 0. The largest absolute Gasteiger partial charge is 0.330 e. The van der Waals surface area contributed by atoms with Gasteiger partial charge in [-0.25, -0.2) is 10.2 Å². The van der Waals surface area contributed by atoms with Crippen molar-refractivity contribution in [3.05, 3.63) is 71.8 Å². The molecule has 0 radical (unpaired) electrons. The second-order valence-electron chi connectivity index (χ2n) is 6.69. The number of carbonyl (C=O) groups is 1. The molecule has 2 aliphatic heterocycles. The first kappa shape index (κ1) is 15.2. The van der Waals surface area contributed by atoms with Gasteiger partial charge in [-0.1, -0.05) is 67.6 Å². The number of hydrazine groups is 1. The van der Waals surface area contributed by atoms with E-state index in [1.165, 1.54) is 11.1 Å². The van der Waals surface area contributed by atoms with Gasteiger partial charge in [-0.3, -0.25) is 5.43 Å². The van der Waals surface area contributed by atoms with Gasteiger partial charge in [-0.2, -0.15) is 0 Å². The van der Waals surface area contributed by atoms with Crippen molar-refractivity contribution in [1.29, 1.82) is 0 Å². The van der Waals surface area contributed by atoms with Gasteiger partial charge in [0.15, 0.2) is 0 Å². The van der Waals surface area contributed by atoms with Crippen molar-refractivity contribution in [2.75, 3.05) is 0 Å². The molecule has 0 bridgehead atoms. The molecule has 2 aromatic carbocycles. The second kappa shape index (κ2) is 5.92. The average Bonchev–Trinajstić information content (AvgIpc) is 3.00. The minimum atomic E-state index is -0.469. The number of hydrogen-bond donors (Lipinski definition) is 4. The van der Waals surface area contributed by atoms with Crippen LogP contribution in [0.3, 0.4) is 0 Å². The van der Waals surface area contributed by atoms with Crippen molar-refractivity contribution in [2.24, 2.45) is 5.92 Å². The Hall–Kier alpha value is -2.37. The molecule has 2 aromatic rings.